The monoisotopic (exact) mass is 387 g/mol. The number of hydrazone groups is 1. The fourth-order valence-electron chi connectivity index (χ4n) is 2.14. The third-order valence-electron chi connectivity index (χ3n) is 3.39. The molecule has 0 saturated carbocycles. The van der Waals surface area contributed by atoms with Crippen LogP contribution in [0.15, 0.2) is 53.6 Å². The van der Waals surface area contributed by atoms with Gasteiger partial charge in [-0.2, -0.15) is 5.10 Å². The number of carbonyl (C=O) groups excluding carboxylic acids is 2. The summed E-state index contributed by atoms with van der Waals surface area (Å²) >= 11 is 5.99. The van der Waals surface area contributed by atoms with E-state index in [1.54, 1.807) is 54.7 Å². The number of benzene rings is 2. The average molecular weight is 388 g/mol. The van der Waals surface area contributed by atoms with Crippen LogP contribution in [0.1, 0.15) is 25.8 Å². The van der Waals surface area contributed by atoms with E-state index in [9.17, 15) is 9.59 Å². The van der Waals surface area contributed by atoms with Gasteiger partial charge in [0, 0.05) is 6.42 Å². The first-order valence-corrected chi connectivity index (χ1v) is 8.91. The van der Waals surface area contributed by atoms with Gasteiger partial charge in [0.2, 0.25) is 5.91 Å². The summed E-state index contributed by atoms with van der Waals surface area (Å²) in [7, 11) is 0. The molecule has 0 aliphatic rings. The Morgan fingerprint density at radius 1 is 1.11 bits per heavy atom. The van der Waals surface area contributed by atoms with Gasteiger partial charge >= 0.3 is 0 Å². The minimum absolute atomic E-state index is 0.120. The summed E-state index contributed by atoms with van der Waals surface area (Å²) in [6, 6.07) is 14.0. The highest BCUT2D eigenvalue weighted by atomic mass is 35.5. The van der Waals surface area contributed by atoms with Gasteiger partial charge in [-0.25, -0.2) is 5.43 Å². The van der Waals surface area contributed by atoms with Gasteiger partial charge in [0.25, 0.3) is 5.91 Å². The largest absolute Gasteiger partial charge is 0.484 e. The minimum Gasteiger partial charge on any atom is -0.484 e. The molecule has 142 valence electrons. The van der Waals surface area contributed by atoms with E-state index in [1.165, 1.54) is 0 Å². The molecule has 27 heavy (non-hydrogen) atoms. The number of anilines is 1. The number of halogens is 1. The maximum atomic E-state index is 11.9. The molecule has 0 fully saturated rings. The van der Waals surface area contributed by atoms with Crippen LogP contribution < -0.4 is 15.5 Å². The van der Waals surface area contributed by atoms with Gasteiger partial charge in [0.1, 0.15) is 5.75 Å². The Labute approximate surface area is 163 Å². The Kier molecular flexibility index (Phi) is 7.82. The molecule has 0 heterocycles. The second-order valence-electron chi connectivity index (χ2n) is 6.28. The standard InChI is InChI=1S/C20H22ClN3O3/c1-14(2)11-19(25)24-22-12-15-7-9-16(10-8-15)27-13-20(26)23-18-6-4-3-5-17(18)21/h3-10,12,14H,11,13H2,1-2H3,(H,23,26)(H,24,25)/b22-12-. The highest BCUT2D eigenvalue weighted by Gasteiger charge is 2.06. The van der Waals surface area contributed by atoms with E-state index < -0.39 is 0 Å². The van der Waals surface area contributed by atoms with Crippen LogP contribution in [0, 0.1) is 5.92 Å². The van der Waals surface area contributed by atoms with E-state index >= 15 is 0 Å². The molecule has 0 unspecified atom stereocenters. The fraction of sp³-hybridized carbons (Fsp3) is 0.250. The Hall–Kier alpha value is -2.86. The van der Waals surface area contributed by atoms with Crippen LogP contribution in [-0.4, -0.2) is 24.6 Å². The van der Waals surface area contributed by atoms with Crippen LogP contribution >= 0.6 is 11.6 Å². The van der Waals surface area contributed by atoms with Gasteiger partial charge < -0.3 is 10.1 Å². The molecule has 2 aromatic rings. The molecule has 0 bridgehead atoms. The van der Waals surface area contributed by atoms with Gasteiger partial charge in [-0.3, -0.25) is 9.59 Å². The van der Waals surface area contributed by atoms with Crippen molar-refractivity contribution in [2.75, 3.05) is 11.9 Å². The molecule has 0 radical (unpaired) electrons. The average Bonchev–Trinajstić information content (AvgIpc) is 2.62. The molecule has 6 nitrogen and oxygen atoms in total. The smallest absolute Gasteiger partial charge is 0.262 e. The van der Waals surface area contributed by atoms with Crippen LogP contribution in [0.4, 0.5) is 5.69 Å². The number of para-hydroxylation sites is 1. The molecule has 0 aliphatic carbocycles. The molecular weight excluding hydrogens is 366 g/mol. The van der Waals surface area contributed by atoms with Gasteiger partial charge in [0.15, 0.2) is 6.61 Å². The van der Waals surface area contributed by atoms with Crippen molar-refractivity contribution in [3.8, 4) is 5.75 Å². The second-order valence-corrected chi connectivity index (χ2v) is 6.68. The highest BCUT2D eigenvalue weighted by molar-refractivity contribution is 6.33. The maximum absolute atomic E-state index is 11.9. The SMILES string of the molecule is CC(C)CC(=O)N/N=C\c1ccc(OCC(=O)Nc2ccccc2Cl)cc1. The van der Waals surface area contributed by atoms with Crippen LogP contribution in [0.3, 0.4) is 0 Å². The molecular formula is C20H22ClN3O3. The van der Waals surface area contributed by atoms with E-state index in [4.69, 9.17) is 16.3 Å². The van der Waals surface area contributed by atoms with Crippen molar-refractivity contribution in [1.29, 1.82) is 0 Å². The molecule has 0 atom stereocenters. The highest BCUT2D eigenvalue weighted by Crippen LogP contribution is 2.20. The predicted octanol–water partition coefficient (Wildman–Crippen LogP) is 3.85. The molecule has 0 spiro atoms. The third-order valence-corrected chi connectivity index (χ3v) is 3.72. The summed E-state index contributed by atoms with van der Waals surface area (Å²) in [5, 5.41) is 7.07. The van der Waals surface area contributed by atoms with Crippen molar-refractivity contribution in [2.24, 2.45) is 11.0 Å². The number of ether oxygens (including phenoxy) is 1. The van der Waals surface area contributed by atoms with Gasteiger partial charge in [-0.1, -0.05) is 37.6 Å². The zero-order chi connectivity index (χ0) is 19.6. The maximum Gasteiger partial charge on any atom is 0.262 e. The zero-order valence-electron chi connectivity index (χ0n) is 15.2. The van der Waals surface area contributed by atoms with Gasteiger partial charge in [0.05, 0.1) is 16.9 Å². The lowest BCUT2D eigenvalue weighted by molar-refractivity contribution is -0.121. The number of nitrogens with one attached hydrogen (secondary N) is 2. The van der Waals surface area contributed by atoms with Gasteiger partial charge in [-0.05, 0) is 47.9 Å². The number of carbonyl (C=O) groups is 2. The summed E-state index contributed by atoms with van der Waals surface area (Å²) < 4.78 is 5.45. The van der Waals surface area contributed by atoms with Crippen LogP contribution in [0.25, 0.3) is 0 Å². The van der Waals surface area contributed by atoms with E-state index in [0.29, 0.717) is 22.9 Å². The fourth-order valence-corrected chi connectivity index (χ4v) is 2.33. The van der Waals surface area contributed by atoms with E-state index in [-0.39, 0.29) is 24.3 Å². The summed E-state index contributed by atoms with van der Waals surface area (Å²) in [6.07, 6.45) is 1.98. The first-order chi connectivity index (χ1) is 12.9. The summed E-state index contributed by atoms with van der Waals surface area (Å²) in [4.78, 5) is 23.4. The molecule has 2 rings (SSSR count). The number of hydrogen-bond donors (Lipinski definition) is 2. The molecule has 0 aliphatic heterocycles. The zero-order valence-corrected chi connectivity index (χ0v) is 16.0. The molecule has 2 amide bonds. The van der Waals surface area contributed by atoms with E-state index in [1.807, 2.05) is 13.8 Å². The van der Waals surface area contributed by atoms with E-state index in [0.717, 1.165) is 5.56 Å². The Morgan fingerprint density at radius 3 is 2.48 bits per heavy atom. The summed E-state index contributed by atoms with van der Waals surface area (Å²) in [5.74, 6) is 0.407. The van der Waals surface area contributed by atoms with Crippen LogP contribution in [-0.2, 0) is 9.59 Å². The third kappa shape index (κ3) is 7.50. The molecule has 2 aromatic carbocycles. The number of amides is 2. The number of nitrogens with zero attached hydrogens (tertiary/aromatic N) is 1. The van der Waals surface area contributed by atoms with Crippen LogP contribution in [0.5, 0.6) is 5.75 Å². The molecule has 7 heteroatoms. The molecule has 2 N–H and O–H groups in total. The lowest BCUT2D eigenvalue weighted by Crippen LogP contribution is -2.20. The van der Waals surface area contributed by atoms with Crippen LogP contribution in [0.2, 0.25) is 5.02 Å². The molecule has 0 saturated heterocycles. The number of rotatable bonds is 8. The lowest BCUT2D eigenvalue weighted by Gasteiger charge is -2.08. The quantitative estimate of drug-likeness (QED) is 0.533. The van der Waals surface area contributed by atoms with Crippen molar-refractivity contribution in [1.82, 2.24) is 5.43 Å². The Balaban J connectivity index is 1.79. The Bertz CT molecular complexity index is 804. The second kappa shape index (κ2) is 10.3. The predicted molar refractivity (Wildman–Crippen MR) is 107 cm³/mol. The lowest BCUT2D eigenvalue weighted by atomic mass is 10.1. The first-order valence-electron chi connectivity index (χ1n) is 8.53. The van der Waals surface area contributed by atoms with Crippen molar-refractivity contribution in [3.63, 3.8) is 0 Å². The topological polar surface area (TPSA) is 79.8 Å². The first kappa shape index (κ1) is 20.5. The minimum atomic E-state index is -0.304. The Morgan fingerprint density at radius 2 is 1.81 bits per heavy atom. The van der Waals surface area contributed by atoms with Crippen molar-refractivity contribution < 1.29 is 14.3 Å². The number of hydrogen-bond acceptors (Lipinski definition) is 4. The van der Waals surface area contributed by atoms with Crippen molar-refractivity contribution >= 4 is 35.3 Å². The van der Waals surface area contributed by atoms with Gasteiger partial charge in [-0.15, -0.1) is 0 Å². The normalized spacial score (nSPS) is 10.8. The van der Waals surface area contributed by atoms with E-state index in [2.05, 4.69) is 15.8 Å². The van der Waals surface area contributed by atoms with Crippen molar-refractivity contribution in [2.45, 2.75) is 20.3 Å². The molecule has 0 aromatic heterocycles. The van der Waals surface area contributed by atoms with Crippen molar-refractivity contribution in [3.05, 3.63) is 59.1 Å². The summed E-state index contributed by atoms with van der Waals surface area (Å²) in [5.41, 5.74) is 3.82. The summed E-state index contributed by atoms with van der Waals surface area (Å²) in [6.45, 7) is 3.80.